The summed E-state index contributed by atoms with van der Waals surface area (Å²) in [6.45, 7) is 6.59. The predicted octanol–water partition coefficient (Wildman–Crippen LogP) is 4.39. The lowest BCUT2D eigenvalue weighted by molar-refractivity contribution is -0.125. The molecule has 1 amide bonds. The molecule has 1 aliphatic heterocycles. The van der Waals surface area contributed by atoms with Crippen molar-refractivity contribution in [3.8, 4) is 0 Å². The number of aryl methyl sites for hydroxylation is 1. The van der Waals surface area contributed by atoms with Gasteiger partial charge in [-0.1, -0.05) is 60.7 Å². The second-order valence-electron chi connectivity index (χ2n) is 7.06. The third-order valence-electron chi connectivity index (χ3n) is 5.47. The van der Waals surface area contributed by atoms with Crippen molar-refractivity contribution in [1.82, 2.24) is 4.90 Å². The van der Waals surface area contributed by atoms with Crippen molar-refractivity contribution in [3.05, 3.63) is 77.9 Å². The van der Waals surface area contributed by atoms with Gasteiger partial charge in [-0.2, -0.15) is 0 Å². The molecule has 1 saturated heterocycles. The third-order valence-corrected chi connectivity index (χ3v) is 5.47. The van der Waals surface area contributed by atoms with E-state index in [1.54, 1.807) is 0 Å². The number of hydrogen-bond acceptors (Lipinski definition) is 2. The van der Waals surface area contributed by atoms with Crippen molar-refractivity contribution in [1.29, 1.82) is 0 Å². The van der Waals surface area contributed by atoms with E-state index < -0.39 is 0 Å². The zero-order chi connectivity index (χ0) is 18.1. The van der Waals surface area contributed by atoms with Crippen LogP contribution in [0.15, 0.2) is 66.7 Å². The highest BCUT2D eigenvalue weighted by Gasteiger charge is 2.32. The zero-order valence-electron chi connectivity index (χ0n) is 15.4. The van der Waals surface area contributed by atoms with Gasteiger partial charge in [0.25, 0.3) is 0 Å². The van der Waals surface area contributed by atoms with Crippen LogP contribution in [-0.2, 0) is 11.3 Å². The van der Waals surface area contributed by atoms with Gasteiger partial charge in [0.15, 0.2) is 0 Å². The van der Waals surface area contributed by atoms with E-state index >= 15 is 0 Å². The van der Waals surface area contributed by atoms with Gasteiger partial charge in [0.1, 0.15) is 0 Å². The molecule has 3 aromatic rings. The van der Waals surface area contributed by atoms with Crippen LogP contribution in [0.3, 0.4) is 0 Å². The number of carbonyl (C=O) groups excluding carboxylic acids is 1. The minimum atomic E-state index is -0.123. The molecule has 0 bridgehead atoms. The van der Waals surface area contributed by atoms with Gasteiger partial charge in [-0.3, -0.25) is 9.69 Å². The van der Waals surface area contributed by atoms with Crippen molar-refractivity contribution >= 4 is 22.4 Å². The molecule has 0 aromatic heterocycles. The lowest BCUT2D eigenvalue weighted by atomic mass is 10.0. The van der Waals surface area contributed by atoms with Crippen LogP contribution in [-0.4, -0.2) is 29.9 Å². The molecule has 3 heteroatoms. The quantitative estimate of drug-likeness (QED) is 0.704. The Hall–Kier alpha value is -2.65. The van der Waals surface area contributed by atoms with Crippen molar-refractivity contribution in [2.24, 2.45) is 0 Å². The van der Waals surface area contributed by atoms with E-state index in [2.05, 4.69) is 60.4 Å². The predicted molar refractivity (Wildman–Crippen MR) is 107 cm³/mol. The molecule has 3 nitrogen and oxygen atoms in total. The summed E-state index contributed by atoms with van der Waals surface area (Å²) >= 11 is 0. The van der Waals surface area contributed by atoms with Crippen molar-refractivity contribution in [3.63, 3.8) is 0 Å². The molecule has 1 heterocycles. The zero-order valence-corrected chi connectivity index (χ0v) is 15.4. The fourth-order valence-electron chi connectivity index (χ4n) is 3.82. The Morgan fingerprint density at radius 2 is 1.65 bits per heavy atom. The van der Waals surface area contributed by atoms with Gasteiger partial charge in [0.2, 0.25) is 5.91 Å². The Morgan fingerprint density at radius 1 is 0.923 bits per heavy atom. The van der Waals surface area contributed by atoms with Crippen molar-refractivity contribution < 1.29 is 4.79 Å². The van der Waals surface area contributed by atoms with Crippen LogP contribution in [0.4, 0.5) is 5.69 Å². The van der Waals surface area contributed by atoms with E-state index in [4.69, 9.17) is 0 Å². The molecule has 4 rings (SSSR count). The molecule has 0 saturated carbocycles. The minimum Gasteiger partial charge on any atom is -0.309 e. The topological polar surface area (TPSA) is 23.6 Å². The number of piperazine rings is 1. The first kappa shape index (κ1) is 16.8. The van der Waals surface area contributed by atoms with Gasteiger partial charge in [0, 0.05) is 25.0 Å². The minimum absolute atomic E-state index is 0.123. The summed E-state index contributed by atoms with van der Waals surface area (Å²) in [4.78, 5) is 17.4. The standard InChI is InChI=1S/C23H24N2O/c1-17-8-3-4-10-20(17)16-24-14-15-25(23(26)18(24)2)22-13-7-11-19-9-5-6-12-21(19)22/h3-13,18H,14-16H2,1-2H3/t18-/m0/s1. The van der Waals surface area contributed by atoms with E-state index in [1.807, 2.05) is 30.0 Å². The maximum absolute atomic E-state index is 13.1. The summed E-state index contributed by atoms with van der Waals surface area (Å²) in [6, 6.07) is 22.8. The monoisotopic (exact) mass is 344 g/mol. The van der Waals surface area contributed by atoms with Crippen LogP contribution in [0.2, 0.25) is 0 Å². The van der Waals surface area contributed by atoms with Crippen LogP contribution < -0.4 is 4.90 Å². The Labute approximate surface area is 154 Å². The molecular formula is C23H24N2O. The normalized spacial score (nSPS) is 18.5. The third kappa shape index (κ3) is 2.99. The van der Waals surface area contributed by atoms with Crippen LogP contribution >= 0.6 is 0 Å². The molecule has 0 N–H and O–H groups in total. The first-order chi connectivity index (χ1) is 12.6. The van der Waals surface area contributed by atoms with E-state index in [9.17, 15) is 4.79 Å². The van der Waals surface area contributed by atoms with Gasteiger partial charge in [-0.25, -0.2) is 0 Å². The van der Waals surface area contributed by atoms with Crippen LogP contribution in [0, 0.1) is 6.92 Å². The summed E-state index contributed by atoms with van der Waals surface area (Å²) in [5.41, 5.74) is 3.60. The van der Waals surface area contributed by atoms with Gasteiger partial charge in [-0.15, -0.1) is 0 Å². The maximum Gasteiger partial charge on any atom is 0.244 e. The van der Waals surface area contributed by atoms with Crippen molar-refractivity contribution in [2.45, 2.75) is 26.4 Å². The Bertz CT molecular complexity index is 944. The molecule has 132 valence electrons. The molecule has 1 aliphatic rings. The molecule has 0 unspecified atom stereocenters. The van der Waals surface area contributed by atoms with E-state index in [0.717, 1.165) is 30.7 Å². The Kier molecular flexibility index (Phi) is 4.48. The fourth-order valence-corrected chi connectivity index (χ4v) is 3.82. The van der Waals surface area contributed by atoms with Gasteiger partial charge < -0.3 is 4.90 Å². The summed E-state index contributed by atoms with van der Waals surface area (Å²) in [5, 5.41) is 2.32. The van der Waals surface area contributed by atoms with E-state index in [-0.39, 0.29) is 11.9 Å². The lowest BCUT2D eigenvalue weighted by Crippen LogP contribution is -2.55. The van der Waals surface area contributed by atoms with Gasteiger partial charge in [0.05, 0.1) is 11.7 Å². The van der Waals surface area contributed by atoms with Crippen LogP contribution in [0.25, 0.3) is 10.8 Å². The van der Waals surface area contributed by atoms with Gasteiger partial charge >= 0.3 is 0 Å². The number of fused-ring (bicyclic) bond motifs is 1. The summed E-state index contributed by atoms with van der Waals surface area (Å²) < 4.78 is 0. The lowest BCUT2D eigenvalue weighted by Gasteiger charge is -2.39. The largest absolute Gasteiger partial charge is 0.309 e. The molecule has 0 spiro atoms. The number of carbonyl (C=O) groups is 1. The maximum atomic E-state index is 13.1. The summed E-state index contributed by atoms with van der Waals surface area (Å²) in [6.07, 6.45) is 0. The second-order valence-corrected chi connectivity index (χ2v) is 7.06. The molecule has 1 fully saturated rings. The SMILES string of the molecule is Cc1ccccc1CN1CCN(c2cccc3ccccc23)C(=O)[C@@H]1C. The van der Waals surface area contributed by atoms with E-state index in [0.29, 0.717) is 0 Å². The van der Waals surface area contributed by atoms with Gasteiger partial charge in [-0.05, 0) is 36.4 Å². The molecule has 26 heavy (non-hydrogen) atoms. The number of hydrogen-bond donors (Lipinski definition) is 0. The Morgan fingerprint density at radius 3 is 2.50 bits per heavy atom. The number of benzene rings is 3. The number of anilines is 1. The second kappa shape index (κ2) is 6.93. The van der Waals surface area contributed by atoms with Crippen LogP contribution in [0.1, 0.15) is 18.1 Å². The average Bonchev–Trinajstić information content (AvgIpc) is 2.67. The molecule has 3 aromatic carbocycles. The Balaban J connectivity index is 1.59. The average molecular weight is 344 g/mol. The molecule has 0 aliphatic carbocycles. The summed E-state index contributed by atoms with van der Waals surface area (Å²) in [7, 11) is 0. The highest BCUT2D eigenvalue weighted by molar-refractivity contribution is 6.05. The number of nitrogens with zero attached hydrogens (tertiary/aromatic N) is 2. The molecular weight excluding hydrogens is 320 g/mol. The van der Waals surface area contributed by atoms with Crippen molar-refractivity contribution in [2.75, 3.05) is 18.0 Å². The highest BCUT2D eigenvalue weighted by Crippen LogP contribution is 2.29. The summed E-state index contributed by atoms with van der Waals surface area (Å²) in [5.74, 6) is 0.182. The first-order valence-corrected chi connectivity index (χ1v) is 9.23. The number of rotatable bonds is 3. The highest BCUT2D eigenvalue weighted by atomic mass is 16.2. The smallest absolute Gasteiger partial charge is 0.244 e. The number of amides is 1. The van der Waals surface area contributed by atoms with Crippen LogP contribution in [0.5, 0.6) is 0 Å². The fraction of sp³-hybridized carbons (Fsp3) is 0.261. The molecule has 1 atom stereocenters. The van der Waals surface area contributed by atoms with E-state index in [1.165, 1.54) is 16.5 Å². The first-order valence-electron chi connectivity index (χ1n) is 9.23. The molecule has 0 radical (unpaired) electrons.